The fourth-order valence-electron chi connectivity index (χ4n) is 1.26. The molecular formula is C15H14BrNO2. The first kappa shape index (κ1) is 15.2. The summed E-state index contributed by atoms with van der Waals surface area (Å²) in [6, 6.07) is 7.34. The highest BCUT2D eigenvalue weighted by Gasteiger charge is 2.02. The van der Waals surface area contributed by atoms with Gasteiger partial charge < -0.3 is 9.84 Å². The fraction of sp³-hybridized carbons (Fsp3) is 0.133. The van der Waals surface area contributed by atoms with Crippen molar-refractivity contribution in [3.05, 3.63) is 64.4 Å². The van der Waals surface area contributed by atoms with E-state index in [2.05, 4.69) is 22.5 Å². The van der Waals surface area contributed by atoms with E-state index in [0.29, 0.717) is 17.1 Å². The first-order valence-electron chi connectivity index (χ1n) is 5.59. The zero-order chi connectivity index (χ0) is 14.3. The Labute approximate surface area is 121 Å². The van der Waals surface area contributed by atoms with Gasteiger partial charge in [-0.15, -0.1) is 0 Å². The highest BCUT2D eigenvalue weighted by atomic mass is 79.9. The number of hydrogen-bond donors (Lipinski definition) is 1. The van der Waals surface area contributed by atoms with Crippen molar-refractivity contribution in [1.82, 2.24) is 0 Å². The molecule has 0 fully saturated rings. The smallest absolute Gasteiger partial charge is 0.127 e. The molecule has 0 heterocycles. The molecule has 0 atom stereocenters. The van der Waals surface area contributed by atoms with E-state index in [9.17, 15) is 5.11 Å². The number of hydrogen-bond acceptors (Lipinski definition) is 3. The van der Waals surface area contributed by atoms with Crippen LogP contribution in [0.15, 0.2) is 58.8 Å². The number of nitrogens with zero attached hydrogens (tertiary/aromatic N) is 1. The van der Waals surface area contributed by atoms with E-state index in [0.717, 1.165) is 10.0 Å². The number of ether oxygens (including phenoxy) is 1. The number of rotatable bonds is 5. The molecule has 0 radical (unpaired) electrons. The summed E-state index contributed by atoms with van der Waals surface area (Å²) in [5.41, 5.74) is 1.32. The number of allylic oxidation sites excluding steroid dienone is 4. The van der Waals surface area contributed by atoms with E-state index in [1.165, 1.54) is 0 Å². The van der Waals surface area contributed by atoms with Crippen LogP contribution in [0.2, 0.25) is 0 Å². The first-order chi connectivity index (χ1) is 9.10. The molecule has 0 saturated carbocycles. The third-order valence-corrected chi connectivity index (χ3v) is 3.07. The summed E-state index contributed by atoms with van der Waals surface area (Å²) >= 11 is 3.34. The lowest BCUT2D eigenvalue weighted by atomic mass is 10.2. The molecule has 0 aliphatic rings. The standard InChI is InChI=1S/C15H14BrNO2/c1-3-13(5-4-11(2)9-17)19-14-6-7-15(16)12(8-14)10-18/h3-8,18H,1,10H2,2H3/b11-4+,13-5+. The van der Waals surface area contributed by atoms with Gasteiger partial charge in [-0.2, -0.15) is 5.26 Å². The van der Waals surface area contributed by atoms with Crippen LogP contribution in [-0.2, 0) is 6.61 Å². The van der Waals surface area contributed by atoms with Crippen molar-refractivity contribution < 1.29 is 9.84 Å². The second-order valence-corrected chi connectivity index (χ2v) is 4.60. The van der Waals surface area contributed by atoms with E-state index in [1.54, 1.807) is 43.4 Å². The van der Waals surface area contributed by atoms with Crippen LogP contribution < -0.4 is 4.74 Å². The Morgan fingerprint density at radius 1 is 1.53 bits per heavy atom. The number of aliphatic hydroxyl groups excluding tert-OH is 1. The van der Waals surface area contributed by atoms with Gasteiger partial charge in [-0.05, 0) is 48.9 Å². The van der Waals surface area contributed by atoms with Gasteiger partial charge in [-0.3, -0.25) is 0 Å². The summed E-state index contributed by atoms with van der Waals surface area (Å²) in [6.45, 7) is 5.29. The van der Waals surface area contributed by atoms with Crippen molar-refractivity contribution in [2.24, 2.45) is 0 Å². The van der Waals surface area contributed by atoms with Crippen molar-refractivity contribution >= 4 is 15.9 Å². The van der Waals surface area contributed by atoms with Crippen LogP contribution in [0, 0.1) is 11.3 Å². The van der Waals surface area contributed by atoms with Crippen LogP contribution in [-0.4, -0.2) is 5.11 Å². The molecule has 0 spiro atoms. The maximum atomic E-state index is 9.18. The molecule has 1 aromatic carbocycles. The number of aliphatic hydroxyl groups is 1. The fourth-order valence-corrected chi connectivity index (χ4v) is 1.63. The van der Waals surface area contributed by atoms with Gasteiger partial charge >= 0.3 is 0 Å². The van der Waals surface area contributed by atoms with Crippen LogP contribution in [0.3, 0.4) is 0 Å². The Balaban J connectivity index is 2.94. The van der Waals surface area contributed by atoms with Gasteiger partial charge in [0.25, 0.3) is 0 Å². The van der Waals surface area contributed by atoms with Crippen LogP contribution in [0.4, 0.5) is 0 Å². The zero-order valence-corrected chi connectivity index (χ0v) is 12.1. The van der Waals surface area contributed by atoms with Crippen molar-refractivity contribution in [2.45, 2.75) is 13.5 Å². The minimum Gasteiger partial charge on any atom is -0.457 e. The topological polar surface area (TPSA) is 53.2 Å². The Morgan fingerprint density at radius 3 is 2.84 bits per heavy atom. The molecule has 0 aromatic heterocycles. The van der Waals surface area contributed by atoms with Gasteiger partial charge in [0.05, 0.1) is 12.7 Å². The van der Waals surface area contributed by atoms with E-state index in [1.807, 2.05) is 6.07 Å². The van der Waals surface area contributed by atoms with Crippen molar-refractivity contribution in [3.8, 4) is 11.8 Å². The normalized spacial score (nSPS) is 11.9. The van der Waals surface area contributed by atoms with E-state index < -0.39 is 0 Å². The largest absolute Gasteiger partial charge is 0.457 e. The average Bonchev–Trinajstić information content (AvgIpc) is 2.44. The summed E-state index contributed by atoms with van der Waals surface area (Å²) in [5.74, 6) is 1.13. The summed E-state index contributed by atoms with van der Waals surface area (Å²) in [4.78, 5) is 0. The molecule has 0 saturated heterocycles. The van der Waals surface area contributed by atoms with E-state index in [4.69, 9.17) is 10.00 Å². The quantitative estimate of drug-likeness (QED) is 0.509. The van der Waals surface area contributed by atoms with Crippen molar-refractivity contribution in [3.63, 3.8) is 0 Å². The molecule has 0 aliphatic carbocycles. The van der Waals surface area contributed by atoms with Crippen LogP contribution in [0.25, 0.3) is 0 Å². The molecule has 1 N–H and O–H groups in total. The van der Waals surface area contributed by atoms with Gasteiger partial charge in [0.1, 0.15) is 11.5 Å². The SMILES string of the molecule is C=C/C(=C\C=C(/C)C#N)Oc1ccc(Br)c(CO)c1. The molecule has 1 rings (SSSR count). The third-order valence-electron chi connectivity index (χ3n) is 2.30. The maximum absolute atomic E-state index is 9.18. The minimum atomic E-state index is -0.0711. The second-order valence-electron chi connectivity index (χ2n) is 3.75. The lowest BCUT2D eigenvalue weighted by molar-refractivity contribution is 0.280. The molecule has 3 nitrogen and oxygen atoms in total. The Morgan fingerprint density at radius 2 is 2.26 bits per heavy atom. The maximum Gasteiger partial charge on any atom is 0.127 e. The minimum absolute atomic E-state index is 0.0711. The van der Waals surface area contributed by atoms with Gasteiger partial charge in [0, 0.05) is 10.0 Å². The first-order valence-corrected chi connectivity index (χ1v) is 6.38. The van der Waals surface area contributed by atoms with Gasteiger partial charge in [0.15, 0.2) is 0 Å². The van der Waals surface area contributed by atoms with Gasteiger partial charge in [0.2, 0.25) is 0 Å². The molecule has 0 aliphatic heterocycles. The predicted molar refractivity (Wildman–Crippen MR) is 78.3 cm³/mol. The number of nitriles is 1. The Kier molecular flexibility index (Phi) is 6.07. The van der Waals surface area contributed by atoms with Crippen LogP contribution in [0.1, 0.15) is 12.5 Å². The van der Waals surface area contributed by atoms with Crippen LogP contribution >= 0.6 is 15.9 Å². The molecule has 0 bridgehead atoms. The molecular weight excluding hydrogens is 306 g/mol. The summed E-state index contributed by atoms with van der Waals surface area (Å²) in [7, 11) is 0. The number of halogens is 1. The second kappa shape index (κ2) is 7.57. The third kappa shape index (κ3) is 4.74. The summed E-state index contributed by atoms with van der Waals surface area (Å²) in [5, 5.41) is 17.8. The predicted octanol–water partition coefficient (Wildman–Crippen LogP) is 3.86. The highest BCUT2D eigenvalue weighted by molar-refractivity contribution is 9.10. The van der Waals surface area contributed by atoms with Crippen molar-refractivity contribution in [2.75, 3.05) is 0 Å². The van der Waals surface area contributed by atoms with Crippen molar-refractivity contribution in [1.29, 1.82) is 5.26 Å². The molecule has 98 valence electrons. The van der Waals surface area contributed by atoms with Gasteiger partial charge in [-0.1, -0.05) is 22.5 Å². The zero-order valence-electron chi connectivity index (χ0n) is 10.6. The monoisotopic (exact) mass is 319 g/mol. The molecule has 19 heavy (non-hydrogen) atoms. The molecule has 0 amide bonds. The molecule has 0 unspecified atom stereocenters. The van der Waals surface area contributed by atoms with E-state index >= 15 is 0 Å². The van der Waals surface area contributed by atoms with Crippen LogP contribution in [0.5, 0.6) is 5.75 Å². The lowest BCUT2D eigenvalue weighted by Gasteiger charge is -2.08. The average molecular weight is 320 g/mol. The molecule has 1 aromatic rings. The Hall–Kier alpha value is -1.83. The summed E-state index contributed by atoms with van der Waals surface area (Å²) < 4.78 is 6.44. The molecule has 4 heteroatoms. The lowest BCUT2D eigenvalue weighted by Crippen LogP contribution is -1.94. The van der Waals surface area contributed by atoms with E-state index in [-0.39, 0.29) is 6.61 Å². The Bertz CT molecular complexity index is 568. The summed E-state index contributed by atoms with van der Waals surface area (Å²) in [6.07, 6.45) is 4.89. The number of benzene rings is 1. The highest BCUT2D eigenvalue weighted by Crippen LogP contribution is 2.24. The van der Waals surface area contributed by atoms with Gasteiger partial charge in [-0.25, -0.2) is 0 Å².